The second kappa shape index (κ2) is 5.60. The molecule has 1 aliphatic heterocycles. The van der Waals surface area contributed by atoms with Crippen LogP contribution in [0.15, 0.2) is 0 Å². The van der Waals surface area contributed by atoms with Crippen LogP contribution in [0, 0.1) is 5.41 Å². The Morgan fingerprint density at radius 2 is 2.11 bits per heavy atom. The molecule has 0 aromatic heterocycles. The minimum atomic E-state index is -0.288. The van der Waals surface area contributed by atoms with E-state index in [0.717, 1.165) is 45.1 Å². The Morgan fingerprint density at radius 3 is 2.72 bits per heavy atom. The van der Waals surface area contributed by atoms with Crippen molar-refractivity contribution in [2.24, 2.45) is 11.1 Å². The summed E-state index contributed by atoms with van der Waals surface area (Å²) in [5, 5.41) is 0. The van der Waals surface area contributed by atoms with Crippen LogP contribution in [0.1, 0.15) is 65.2 Å². The van der Waals surface area contributed by atoms with Gasteiger partial charge in [0.1, 0.15) is 0 Å². The smallest absolute Gasteiger partial charge is 0.230 e. The summed E-state index contributed by atoms with van der Waals surface area (Å²) in [6, 6.07) is 0.537. The van der Waals surface area contributed by atoms with Crippen LogP contribution < -0.4 is 5.73 Å². The van der Waals surface area contributed by atoms with E-state index < -0.39 is 0 Å². The quantitative estimate of drug-likeness (QED) is 0.839. The topological polar surface area (TPSA) is 46.3 Å². The lowest BCUT2D eigenvalue weighted by Gasteiger charge is -2.41. The average Bonchev–Trinajstić information content (AvgIpc) is 2.71. The third kappa shape index (κ3) is 2.42. The normalized spacial score (nSPS) is 36.9. The van der Waals surface area contributed by atoms with Crippen molar-refractivity contribution in [2.75, 3.05) is 6.54 Å². The van der Waals surface area contributed by atoms with Crippen molar-refractivity contribution in [1.82, 2.24) is 4.90 Å². The summed E-state index contributed by atoms with van der Waals surface area (Å²) in [7, 11) is 0. The summed E-state index contributed by atoms with van der Waals surface area (Å²) in [5.74, 6) is 0.339. The molecule has 3 atom stereocenters. The van der Waals surface area contributed by atoms with Crippen LogP contribution in [0.3, 0.4) is 0 Å². The molecular weight excluding hydrogens is 224 g/mol. The van der Waals surface area contributed by atoms with Gasteiger partial charge in [0, 0.05) is 18.6 Å². The molecular formula is C15H28N2O. The zero-order valence-electron chi connectivity index (χ0n) is 12.0. The summed E-state index contributed by atoms with van der Waals surface area (Å²) in [4.78, 5) is 15.0. The van der Waals surface area contributed by atoms with E-state index >= 15 is 0 Å². The Bertz CT molecular complexity index is 303. The van der Waals surface area contributed by atoms with Gasteiger partial charge in [0.05, 0.1) is 5.41 Å². The highest BCUT2D eigenvalue weighted by Crippen LogP contribution is 2.40. The Labute approximate surface area is 111 Å². The van der Waals surface area contributed by atoms with Crippen LogP contribution in [0.4, 0.5) is 0 Å². The molecule has 1 saturated carbocycles. The van der Waals surface area contributed by atoms with Crippen molar-refractivity contribution in [1.29, 1.82) is 0 Å². The minimum Gasteiger partial charge on any atom is -0.339 e. The van der Waals surface area contributed by atoms with E-state index in [1.54, 1.807) is 0 Å². The Balaban J connectivity index is 2.10. The summed E-state index contributed by atoms with van der Waals surface area (Å²) < 4.78 is 0. The zero-order chi connectivity index (χ0) is 13.2. The fourth-order valence-corrected chi connectivity index (χ4v) is 3.69. The molecule has 0 bridgehead atoms. The number of carbonyl (C=O) groups excluding carboxylic acids is 1. The predicted molar refractivity (Wildman–Crippen MR) is 74.2 cm³/mol. The fraction of sp³-hybridized carbons (Fsp3) is 0.933. The molecule has 104 valence electrons. The first-order chi connectivity index (χ1) is 8.59. The van der Waals surface area contributed by atoms with Gasteiger partial charge in [-0.05, 0) is 45.4 Å². The van der Waals surface area contributed by atoms with Crippen LogP contribution in [0.5, 0.6) is 0 Å². The van der Waals surface area contributed by atoms with E-state index in [9.17, 15) is 4.79 Å². The Hall–Kier alpha value is -0.570. The van der Waals surface area contributed by atoms with Gasteiger partial charge in [-0.2, -0.15) is 0 Å². The molecule has 2 rings (SSSR count). The van der Waals surface area contributed by atoms with Crippen molar-refractivity contribution >= 4 is 5.91 Å². The van der Waals surface area contributed by atoms with E-state index in [1.807, 2.05) is 0 Å². The van der Waals surface area contributed by atoms with Gasteiger partial charge in [-0.3, -0.25) is 4.79 Å². The largest absolute Gasteiger partial charge is 0.339 e. The number of piperidine rings is 1. The SMILES string of the molecule is CCCC1CCCCN1C(=O)C1(C)CCCC1N. The molecule has 0 radical (unpaired) electrons. The summed E-state index contributed by atoms with van der Waals surface area (Å²) in [6.45, 7) is 5.25. The van der Waals surface area contributed by atoms with Crippen LogP contribution in [-0.4, -0.2) is 29.4 Å². The third-order valence-corrected chi connectivity index (χ3v) is 5.03. The molecule has 0 aromatic rings. The molecule has 0 aromatic carbocycles. The maximum Gasteiger partial charge on any atom is 0.230 e. The molecule has 1 saturated heterocycles. The van der Waals surface area contributed by atoms with Crippen LogP contribution in [0.25, 0.3) is 0 Å². The zero-order valence-corrected chi connectivity index (χ0v) is 12.0. The highest BCUT2D eigenvalue weighted by atomic mass is 16.2. The maximum atomic E-state index is 12.9. The molecule has 2 N–H and O–H groups in total. The Kier molecular flexibility index (Phi) is 4.31. The van der Waals surface area contributed by atoms with Crippen molar-refractivity contribution in [3.8, 4) is 0 Å². The molecule has 2 fully saturated rings. The van der Waals surface area contributed by atoms with Gasteiger partial charge in [-0.15, -0.1) is 0 Å². The highest BCUT2D eigenvalue weighted by molar-refractivity contribution is 5.84. The third-order valence-electron chi connectivity index (χ3n) is 5.03. The van der Waals surface area contributed by atoms with E-state index in [1.165, 1.54) is 12.8 Å². The monoisotopic (exact) mass is 252 g/mol. The number of nitrogens with two attached hydrogens (primary N) is 1. The minimum absolute atomic E-state index is 0.0641. The maximum absolute atomic E-state index is 12.9. The number of rotatable bonds is 3. The summed E-state index contributed by atoms with van der Waals surface area (Å²) in [6.07, 6.45) is 9.03. The van der Waals surface area contributed by atoms with Crippen LogP contribution in [-0.2, 0) is 4.79 Å². The van der Waals surface area contributed by atoms with Gasteiger partial charge in [-0.25, -0.2) is 0 Å². The van der Waals surface area contributed by atoms with E-state index in [4.69, 9.17) is 5.73 Å². The second-order valence-electron chi connectivity index (χ2n) is 6.35. The number of likely N-dealkylation sites (tertiary alicyclic amines) is 1. The van der Waals surface area contributed by atoms with Gasteiger partial charge in [0.15, 0.2) is 0 Å². The number of nitrogens with zero attached hydrogens (tertiary/aromatic N) is 1. The molecule has 3 nitrogen and oxygen atoms in total. The standard InChI is InChI=1S/C15H28N2O/c1-3-7-12-8-4-5-11-17(12)14(18)15(2)10-6-9-13(15)16/h12-13H,3-11,16H2,1-2H3. The van der Waals surface area contributed by atoms with Crippen molar-refractivity contribution < 1.29 is 4.79 Å². The van der Waals surface area contributed by atoms with Crippen LogP contribution >= 0.6 is 0 Å². The van der Waals surface area contributed by atoms with Crippen molar-refractivity contribution in [3.63, 3.8) is 0 Å². The first kappa shape index (κ1) is 13.9. The second-order valence-corrected chi connectivity index (χ2v) is 6.35. The highest BCUT2D eigenvalue weighted by Gasteiger charge is 2.46. The first-order valence-corrected chi connectivity index (χ1v) is 7.66. The Morgan fingerprint density at radius 1 is 1.33 bits per heavy atom. The molecule has 2 aliphatic rings. The van der Waals surface area contributed by atoms with E-state index in [-0.39, 0.29) is 11.5 Å². The molecule has 1 heterocycles. The van der Waals surface area contributed by atoms with E-state index in [2.05, 4.69) is 18.7 Å². The van der Waals surface area contributed by atoms with Crippen molar-refractivity contribution in [2.45, 2.75) is 77.3 Å². The number of hydrogen-bond acceptors (Lipinski definition) is 2. The van der Waals surface area contributed by atoms with Crippen molar-refractivity contribution in [3.05, 3.63) is 0 Å². The predicted octanol–water partition coefficient (Wildman–Crippen LogP) is 2.69. The van der Waals surface area contributed by atoms with Crippen LogP contribution in [0.2, 0.25) is 0 Å². The van der Waals surface area contributed by atoms with Gasteiger partial charge in [0.2, 0.25) is 5.91 Å². The fourth-order valence-electron chi connectivity index (χ4n) is 3.69. The molecule has 0 spiro atoms. The summed E-state index contributed by atoms with van der Waals surface area (Å²) >= 11 is 0. The molecule has 3 unspecified atom stereocenters. The summed E-state index contributed by atoms with van der Waals surface area (Å²) in [5.41, 5.74) is 5.90. The molecule has 3 heteroatoms. The average molecular weight is 252 g/mol. The number of amides is 1. The molecule has 18 heavy (non-hydrogen) atoms. The molecule has 1 aliphatic carbocycles. The lowest BCUT2D eigenvalue weighted by molar-refractivity contribution is -0.145. The van der Waals surface area contributed by atoms with Gasteiger partial charge in [0.25, 0.3) is 0 Å². The first-order valence-electron chi connectivity index (χ1n) is 7.66. The lowest BCUT2D eigenvalue weighted by Crippen LogP contribution is -2.54. The van der Waals surface area contributed by atoms with Gasteiger partial charge >= 0.3 is 0 Å². The van der Waals surface area contributed by atoms with Gasteiger partial charge < -0.3 is 10.6 Å². The lowest BCUT2D eigenvalue weighted by atomic mass is 9.82. The number of hydrogen-bond donors (Lipinski definition) is 1. The molecule has 1 amide bonds. The van der Waals surface area contributed by atoms with E-state index in [0.29, 0.717) is 11.9 Å². The van der Waals surface area contributed by atoms with Gasteiger partial charge in [-0.1, -0.05) is 19.8 Å². The number of carbonyl (C=O) groups is 1.